The largest absolute Gasteiger partial charge is 0.367 e. The second-order valence-corrected chi connectivity index (χ2v) is 5.17. The molecule has 0 aliphatic heterocycles. The lowest BCUT2D eigenvalue weighted by Gasteiger charge is -2.07. The number of rotatable bonds is 5. The minimum Gasteiger partial charge on any atom is -0.367 e. The van der Waals surface area contributed by atoms with Crippen molar-refractivity contribution in [3.63, 3.8) is 0 Å². The fraction of sp³-hybridized carbons (Fsp3) is 0.231. The number of aromatic nitrogens is 2. The maximum Gasteiger partial charge on any atom is 0.263 e. The molecule has 2 heterocycles. The molecular weight excluding hydrogens is 274 g/mol. The van der Waals surface area contributed by atoms with Gasteiger partial charge in [0.15, 0.2) is 0 Å². The quantitative estimate of drug-likeness (QED) is 0.814. The van der Waals surface area contributed by atoms with Gasteiger partial charge in [-0.2, -0.15) is 5.26 Å². The molecule has 0 saturated heterocycles. The number of anilines is 1. The highest BCUT2D eigenvalue weighted by Crippen LogP contribution is 2.11. The molecule has 102 valence electrons. The normalized spacial score (nSPS) is 9.80. The molecule has 0 atom stereocenters. The number of hydrogen-bond donors (Lipinski definition) is 2. The van der Waals surface area contributed by atoms with Crippen LogP contribution in [0.15, 0.2) is 24.5 Å². The first-order valence-corrected chi connectivity index (χ1v) is 6.82. The second kappa shape index (κ2) is 6.63. The monoisotopic (exact) mass is 287 g/mol. The fourth-order valence-corrected chi connectivity index (χ4v) is 2.24. The first kappa shape index (κ1) is 14.0. The highest BCUT2D eigenvalue weighted by Gasteiger charge is 2.08. The predicted octanol–water partition coefficient (Wildman–Crippen LogP) is 1.56. The van der Waals surface area contributed by atoms with Crippen molar-refractivity contribution in [3.8, 4) is 6.07 Å². The molecule has 20 heavy (non-hydrogen) atoms. The summed E-state index contributed by atoms with van der Waals surface area (Å²) in [7, 11) is 0. The van der Waals surface area contributed by atoms with Crippen molar-refractivity contribution < 1.29 is 4.79 Å². The summed E-state index contributed by atoms with van der Waals surface area (Å²) in [6.07, 6.45) is 3.18. The lowest BCUT2D eigenvalue weighted by Crippen LogP contribution is -2.28. The minimum absolute atomic E-state index is 0.140. The topological polar surface area (TPSA) is 90.7 Å². The van der Waals surface area contributed by atoms with Crippen molar-refractivity contribution in [1.82, 2.24) is 15.3 Å². The maximum atomic E-state index is 11.8. The van der Waals surface area contributed by atoms with E-state index in [1.165, 1.54) is 11.3 Å². The van der Waals surface area contributed by atoms with Crippen LogP contribution in [-0.4, -0.2) is 29.0 Å². The van der Waals surface area contributed by atoms with Gasteiger partial charge >= 0.3 is 0 Å². The Bertz CT molecular complexity index is 646. The van der Waals surface area contributed by atoms with Gasteiger partial charge in [-0.15, -0.1) is 11.3 Å². The van der Waals surface area contributed by atoms with Crippen molar-refractivity contribution in [2.45, 2.75) is 6.92 Å². The van der Waals surface area contributed by atoms with Crippen LogP contribution in [0.25, 0.3) is 0 Å². The van der Waals surface area contributed by atoms with Crippen LogP contribution in [0.2, 0.25) is 0 Å². The van der Waals surface area contributed by atoms with Gasteiger partial charge in [-0.3, -0.25) is 4.79 Å². The molecule has 0 unspecified atom stereocenters. The Morgan fingerprint density at radius 2 is 2.30 bits per heavy atom. The van der Waals surface area contributed by atoms with Crippen molar-refractivity contribution in [2.24, 2.45) is 0 Å². The van der Waals surface area contributed by atoms with E-state index in [2.05, 4.69) is 26.7 Å². The van der Waals surface area contributed by atoms with Crippen LogP contribution in [-0.2, 0) is 0 Å². The van der Waals surface area contributed by atoms with Crippen LogP contribution < -0.4 is 10.6 Å². The summed E-state index contributed by atoms with van der Waals surface area (Å²) in [6.45, 7) is 2.79. The number of amides is 1. The first-order valence-electron chi connectivity index (χ1n) is 6.00. The summed E-state index contributed by atoms with van der Waals surface area (Å²) in [5.74, 6) is 0.386. The van der Waals surface area contributed by atoms with E-state index < -0.39 is 0 Å². The zero-order valence-electron chi connectivity index (χ0n) is 10.9. The summed E-state index contributed by atoms with van der Waals surface area (Å²) in [4.78, 5) is 20.5. The third-order valence-corrected chi connectivity index (χ3v) is 3.39. The van der Waals surface area contributed by atoms with Gasteiger partial charge in [0, 0.05) is 19.3 Å². The standard InChI is InChI=1S/C13H13N5OS/c1-9-18-8-11(20-9)13(19)17-6-5-16-12-10(7-14)3-2-4-15-12/h2-4,8H,5-6H2,1H3,(H,15,16)(H,17,19). The molecule has 2 N–H and O–H groups in total. The summed E-state index contributed by atoms with van der Waals surface area (Å²) in [5.41, 5.74) is 0.483. The number of aryl methyl sites for hydroxylation is 1. The average molecular weight is 287 g/mol. The number of hydrogen-bond acceptors (Lipinski definition) is 6. The third-order valence-electron chi connectivity index (χ3n) is 2.48. The van der Waals surface area contributed by atoms with Crippen molar-refractivity contribution in [2.75, 3.05) is 18.4 Å². The molecule has 0 aliphatic carbocycles. The first-order chi connectivity index (χ1) is 9.70. The molecule has 0 radical (unpaired) electrons. The zero-order valence-corrected chi connectivity index (χ0v) is 11.7. The molecule has 7 heteroatoms. The van der Waals surface area contributed by atoms with E-state index >= 15 is 0 Å². The maximum absolute atomic E-state index is 11.8. The molecule has 0 aliphatic rings. The van der Waals surface area contributed by atoms with Gasteiger partial charge in [0.2, 0.25) is 0 Å². The summed E-state index contributed by atoms with van der Waals surface area (Å²) >= 11 is 1.36. The smallest absolute Gasteiger partial charge is 0.263 e. The molecule has 0 bridgehead atoms. The van der Waals surface area contributed by atoms with Crippen molar-refractivity contribution in [1.29, 1.82) is 5.26 Å². The average Bonchev–Trinajstić information content (AvgIpc) is 2.90. The molecule has 6 nitrogen and oxygen atoms in total. The van der Waals surface area contributed by atoms with Gasteiger partial charge in [0.1, 0.15) is 16.8 Å². The van der Waals surface area contributed by atoms with Crippen LogP contribution in [0.3, 0.4) is 0 Å². The number of carbonyl (C=O) groups is 1. The van der Waals surface area contributed by atoms with Crippen LogP contribution >= 0.6 is 11.3 Å². The zero-order chi connectivity index (χ0) is 14.4. The Hall–Kier alpha value is -2.46. The molecule has 2 aromatic heterocycles. The van der Waals surface area contributed by atoms with Gasteiger partial charge in [-0.1, -0.05) is 0 Å². The molecular formula is C13H13N5OS. The van der Waals surface area contributed by atoms with Crippen LogP contribution in [0.5, 0.6) is 0 Å². The Balaban J connectivity index is 1.79. The van der Waals surface area contributed by atoms with Gasteiger partial charge in [0.05, 0.1) is 16.8 Å². The number of nitriles is 1. The summed E-state index contributed by atoms with van der Waals surface area (Å²) in [6, 6.07) is 5.45. The molecule has 2 aromatic rings. The van der Waals surface area contributed by atoms with Crippen molar-refractivity contribution >= 4 is 23.1 Å². The molecule has 2 rings (SSSR count). The van der Waals surface area contributed by atoms with E-state index in [-0.39, 0.29) is 5.91 Å². The Morgan fingerprint density at radius 1 is 1.45 bits per heavy atom. The number of nitrogens with zero attached hydrogens (tertiary/aromatic N) is 3. The van der Waals surface area contributed by atoms with E-state index in [4.69, 9.17) is 5.26 Å². The number of nitrogens with one attached hydrogen (secondary N) is 2. The number of pyridine rings is 1. The van der Waals surface area contributed by atoms with Gasteiger partial charge < -0.3 is 10.6 Å². The molecule has 0 spiro atoms. The molecule has 0 aromatic carbocycles. The number of carbonyl (C=O) groups excluding carboxylic acids is 1. The lowest BCUT2D eigenvalue weighted by molar-refractivity contribution is 0.0959. The summed E-state index contributed by atoms with van der Waals surface area (Å²) in [5, 5.41) is 15.6. The van der Waals surface area contributed by atoms with E-state index in [1.54, 1.807) is 24.5 Å². The third kappa shape index (κ3) is 3.52. The number of thiazole rings is 1. The van der Waals surface area contributed by atoms with E-state index in [0.29, 0.717) is 29.3 Å². The summed E-state index contributed by atoms with van der Waals surface area (Å²) < 4.78 is 0. The fourth-order valence-electron chi connectivity index (χ4n) is 1.55. The van der Waals surface area contributed by atoms with Gasteiger partial charge in [-0.05, 0) is 19.1 Å². The van der Waals surface area contributed by atoms with E-state index in [1.807, 2.05) is 6.92 Å². The highest BCUT2D eigenvalue weighted by molar-refractivity contribution is 7.13. The molecule has 0 fully saturated rings. The Kier molecular flexibility index (Phi) is 4.63. The Morgan fingerprint density at radius 3 is 3.00 bits per heavy atom. The highest BCUT2D eigenvalue weighted by atomic mass is 32.1. The second-order valence-electron chi connectivity index (χ2n) is 3.94. The van der Waals surface area contributed by atoms with Crippen LogP contribution in [0.1, 0.15) is 20.2 Å². The van der Waals surface area contributed by atoms with Crippen LogP contribution in [0, 0.1) is 18.3 Å². The van der Waals surface area contributed by atoms with E-state index in [0.717, 1.165) is 5.01 Å². The van der Waals surface area contributed by atoms with Gasteiger partial charge in [0.25, 0.3) is 5.91 Å². The van der Waals surface area contributed by atoms with Gasteiger partial charge in [-0.25, -0.2) is 9.97 Å². The van der Waals surface area contributed by atoms with E-state index in [9.17, 15) is 4.79 Å². The predicted molar refractivity (Wildman–Crippen MR) is 76.6 cm³/mol. The Labute approximate surface area is 120 Å². The SMILES string of the molecule is Cc1ncc(C(=O)NCCNc2ncccc2C#N)s1. The lowest BCUT2D eigenvalue weighted by atomic mass is 10.3. The minimum atomic E-state index is -0.140. The van der Waals surface area contributed by atoms with Crippen molar-refractivity contribution in [3.05, 3.63) is 40.0 Å². The molecule has 0 saturated carbocycles. The van der Waals surface area contributed by atoms with Crippen LogP contribution in [0.4, 0.5) is 5.82 Å². The molecule has 1 amide bonds.